The van der Waals surface area contributed by atoms with Crippen LogP contribution in [0.4, 0.5) is 0 Å². The van der Waals surface area contributed by atoms with Gasteiger partial charge in [-0.05, 0) is 116 Å². The van der Waals surface area contributed by atoms with Crippen LogP contribution in [0.1, 0.15) is 271 Å². The zero-order chi connectivity index (χ0) is 70.3. The van der Waals surface area contributed by atoms with Crippen LogP contribution in [-0.2, 0) is 32.5 Å². The number of amides is 3. The molecule has 0 aliphatic carbocycles. The van der Waals surface area contributed by atoms with Gasteiger partial charge in [-0.15, -0.1) is 0 Å². The summed E-state index contributed by atoms with van der Waals surface area (Å²) >= 11 is 0. The molecule has 0 saturated carbocycles. The lowest BCUT2D eigenvalue weighted by atomic mass is 10.1. The van der Waals surface area contributed by atoms with Crippen LogP contribution in [-0.4, -0.2) is 186 Å². The second-order valence-electron chi connectivity index (χ2n) is 28.9. The van der Waals surface area contributed by atoms with E-state index in [9.17, 15) is 34.3 Å². The van der Waals surface area contributed by atoms with Crippen LogP contribution in [0.25, 0.3) is 0 Å². The number of hydrogen-bond acceptors (Lipinski definition) is 10. The van der Waals surface area contributed by atoms with E-state index in [-0.39, 0.29) is 57.2 Å². The molecule has 3 amide bonds. The number of nitrogens with one attached hydrogen (secondary N) is 3. The number of phosphoric acid groups is 1. The SMILES string of the molecule is CCCCC/C=C\C/C=C\CCCCCCCC(=O)NCCC[N+](C)(C)CC(O)COP(=O)(OCC(O)C[N+](C)(C)CCCNC(=O)CCCCCCC/C=C\C/C=C\CCCCC)OCC(O)C[N+](C)(C)CCCNC(=O)CCCCCCC/C=C\C/C=C\CCCCC. The second kappa shape index (κ2) is 62.9. The average Bonchev–Trinajstić information content (AvgIpc) is 1.01. The normalized spacial score (nSPS) is 14.4. The molecule has 0 aliphatic rings. The molecule has 0 heterocycles. The molecule has 17 heteroatoms. The molecule has 95 heavy (non-hydrogen) atoms. The van der Waals surface area contributed by atoms with E-state index in [1.165, 1.54) is 116 Å². The molecule has 0 fully saturated rings. The number of quaternary nitrogens is 3. The van der Waals surface area contributed by atoms with Crippen molar-refractivity contribution in [3.05, 3.63) is 72.9 Å². The Bertz CT molecular complexity index is 1840. The quantitative estimate of drug-likeness (QED) is 0.0148. The van der Waals surface area contributed by atoms with Crippen molar-refractivity contribution in [2.75, 3.05) is 121 Å². The first-order valence-electron chi connectivity index (χ1n) is 38.4. The van der Waals surface area contributed by atoms with Crippen LogP contribution in [0.5, 0.6) is 0 Å². The summed E-state index contributed by atoms with van der Waals surface area (Å²) in [5.41, 5.74) is 0. The highest BCUT2D eigenvalue weighted by Crippen LogP contribution is 2.50. The van der Waals surface area contributed by atoms with Gasteiger partial charge in [0.15, 0.2) is 0 Å². The predicted molar refractivity (Wildman–Crippen MR) is 400 cm³/mol. The minimum Gasteiger partial charge on any atom is -0.385 e. The van der Waals surface area contributed by atoms with E-state index >= 15 is 0 Å². The molecule has 16 nitrogen and oxygen atoms in total. The monoisotopic (exact) mass is 1360 g/mol. The van der Waals surface area contributed by atoms with Crippen molar-refractivity contribution in [2.45, 2.75) is 289 Å². The third-order valence-electron chi connectivity index (χ3n) is 17.2. The van der Waals surface area contributed by atoms with Gasteiger partial charge in [-0.25, -0.2) is 4.57 Å². The fourth-order valence-corrected chi connectivity index (χ4v) is 12.8. The molecule has 0 aliphatic heterocycles. The van der Waals surface area contributed by atoms with E-state index in [0.29, 0.717) is 91.2 Å². The van der Waals surface area contributed by atoms with E-state index in [1.54, 1.807) is 0 Å². The average molecular weight is 1360 g/mol. The summed E-state index contributed by atoms with van der Waals surface area (Å²) in [6, 6.07) is 0. The van der Waals surface area contributed by atoms with Crippen LogP contribution >= 0.6 is 7.82 Å². The Labute approximate surface area is 583 Å². The summed E-state index contributed by atoms with van der Waals surface area (Å²) < 4.78 is 33.0. The summed E-state index contributed by atoms with van der Waals surface area (Å²) in [7, 11) is 7.44. The molecule has 3 atom stereocenters. The summed E-state index contributed by atoms with van der Waals surface area (Å²) in [5.74, 6) is 0.175. The summed E-state index contributed by atoms with van der Waals surface area (Å²) in [4.78, 5) is 37.9. The standard InChI is InChI=1S/C78H147N6O10P/c1-10-13-16-19-22-25-28-31-34-37-40-43-46-49-52-58-76(88)79-61-55-64-82(4,5)67-73(85)70-92-95(91,93-71-74(86)68-83(6,7)65-56-62-80-77(89)59-53-50-47-44-41-38-35-32-29-26-23-20-17-14-11-2)94-72-75(87)69-84(8,9)66-57-63-81-78(90)60-54-51-48-45-42-39-36-33-30-27-24-21-18-15-12-3/h22-27,31-36,73-75,85-87H,10-21,28-30,37-72H2,1-9H3/p+3/b25-22-,26-23-,27-24-,34-31-,35-32-,36-33-. The summed E-state index contributed by atoms with van der Waals surface area (Å²) in [5, 5.41) is 42.9. The van der Waals surface area contributed by atoms with Crippen LogP contribution < -0.4 is 16.0 Å². The van der Waals surface area contributed by atoms with Crippen LogP contribution in [0, 0.1) is 0 Å². The van der Waals surface area contributed by atoms with Gasteiger partial charge in [0.05, 0.1) is 81.7 Å². The van der Waals surface area contributed by atoms with Crippen LogP contribution in [0.2, 0.25) is 0 Å². The molecule has 0 aromatic rings. The van der Waals surface area contributed by atoms with Crippen molar-refractivity contribution in [3.63, 3.8) is 0 Å². The number of hydrogen-bond donors (Lipinski definition) is 6. The highest BCUT2D eigenvalue weighted by molar-refractivity contribution is 7.48. The van der Waals surface area contributed by atoms with Crippen molar-refractivity contribution >= 4 is 25.5 Å². The van der Waals surface area contributed by atoms with Crippen molar-refractivity contribution in [2.24, 2.45) is 0 Å². The third kappa shape index (κ3) is 65.1. The minimum atomic E-state index is -4.43. The highest BCUT2D eigenvalue weighted by Gasteiger charge is 2.34. The number of rotatable bonds is 69. The van der Waals surface area contributed by atoms with Gasteiger partial charge < -0.3 is 44.7 Å². The van der Waals surface area contributed by atoms with E-state index in [2.05, 4.69) is 110 Å². The lowest BCUT2D eigenvalue weighted by Crippen LogP contribution is -2.48. The Morgan fingerprint density at radius 1 is 0.337 bits per heavy atom. The Morgan fingerprint density at radius 2 is 0.558 bits per heavy atom. The van der Waals surface area contributed by atoms with E-state index < -0.39 is 26.1 Å². The largest absolute Gasteiger partial charge is 0.475 e. The minimum absolute atomic E-state index is 0.0583. The molecule has 0 bridgehead atoms. The zero-order valence-electron chi connectivity index (χ0n) is 62.7. The number of likely N-dealkylation sites (N-methyl/N-ethyl adjacent to an activating group) is 3. The Balaban J connectivity index is 5.11. The second-order valence-corrected chi connectivity index (χ2v) is 30.5. The first-order chi connectivity index (χ1) is 45.7. The lowest BCUT2D eigenvalue weighted by molar-refractivity contribution is -0.893. The molecule has 0 aromatic carbocycles. The van der Waals surface area contributed by atoms with Crippen LogP contribution in [0.3, 0.4) is 0 Å². The van der Waals surface area contributed by atoms with Crippen LogP contribution in [0.15, 0.2) is 72.9 Å². The van der Waals surface area contributed by atoms with Crippen molar-refractivity contribution < 1.29 is 61.3 Å². The smallest absolute Gasteiger partial charge is 0.385 e. The molecule has 0 radical (unpaired) electrons. The van der Waals surface area contributed by atoms with E-state index in [4.69, 9.17) is 13.6 Å². The number of unbranched alkanes of at least 4 members (excludes halogenated alkanes) is 24. The van der Waals surface area contributed by atoms with Gasteiger partial charge in [-0.3, -0.25) is 28.0 Å². The van der Waals surface area contributed by atoms with Gasteiger partial charge in [-0.2, -0.15) is 0 Å². The summed E-state index contributed by atoms with van der Waals surface area (Å²) in [6.45, 7) is 9.94. The van der Waals surface area contributed by atoms with E-state index in [1.807, 2.05) is 42.3 Å². The Kier molecular flexibility index (Phi) is 60.8. The fraction of sp³-hybridized carbons (Fsp3) is 0.808. The van der Waals surface area contributed by atoms with Gasteiger partial charge >= 0.3 is 7.82 Å². The fourth-order valence-electron chi connectivity index (χ4n) is 11.5. The van der Waals surface area contributed by atoms with Crippen molar-refractivity contribution in [1.82, 2.24) is 16.0 Å². The lowest BCUT2D eigenvalue weighted by Gasteiger charge is -2.33. The first-order valence-corrected chi connectivity index (χ1v) is 39.9. The van der Waals surface area contributed by atoms with Gasteiger partial charge in [0.25, 0.3) is 0 Å². The maximum absolute atomic E-state index is 14.4. The van der Waals surface area contributed by atoms with Crippen molar-refractivity contribution in [3.8, 4) is 0 Å². The van der Waals surface area contributed by atoms with Gasteiger partial charge in [-0.1, -0.05) is 190 Å². The first kappa shape index (κ1) is 91.7. The predicted octanol–water partition coefficient (Wildman–Crippen LogP) is 16.4. The number of nitrogens with zero attached hydrogens (tertiary/aromatic N) is 3. The Hall–Kier alpha value is -3.28. The third-order valence-corrected chi connectivity index (χ3v) is 18.6. The number of carbonyl (C=O) groups excluding carboxylic acids is 3. The highest BCUT2D eigenvalue weighted by atomic mass is 31.2. The van der Waals surface area contributed by atoms with E-state index in [0.717, 1.165) is 96.3 Å². The number of allylic oxidation sites excluding steroid dienone is 12. The number of phosphoric ester groups is 1. The molecule has 554 valence electrons. The zero-order valence-corrected chi connectivity index (χ0v) is 63.6. The molecule has 0 spiro atoms. The summed E-state index contributed by atoms with van der Waals surface area (Å²) in [6.07, 6.45) is 65.5. The molecular weight excluding hydrogens is 1210 g/mol. The number of aliphatic hydroxyl groups is 3. The molecule has 0 rings (SSSR count). The van der Waals surface area contributed by atoms with Crippen molar-refractivity contribution in [1.29, 1.82) is 0 Å². The molecular formula is C78H150N6O10P+3. The number of aliphatic hydroxyl groups excluding tert-OH is 3. The molecule has 0 saturated heterocycles. The Morgan fingerprint density at radius 3 is 0.800 bits per heavy atom. The van der Waals surface area contributed by atoms with Gasteiger partial charge in [0.2, 0.25) is 17.7 Å². The topological polar surface area (TPSA) is 193 Å². The maximum atomic E-state index is 14.4. The molecule has 0 aromatic heterocycles. The maximum Gasteiger partial charge on any atom is 0.475 e. The van der Waals surface area contributed by atoms with Gasteiger partial charge in [0, 0.05) is 58.2 Å². The molecule has 3 unspecified atom stereocenters. The molecule has 6 N–H and O–H groups in total. The van der Waals surface area contributed by atoms with Gasteiger partial charge in [0.1, 0.15) is 37.9 Å². The number of carbonyl (C=O) groups is 3.